The molecule has 30 heavy (non-hydrogen) atoms. The summed E-state index contributed by atoms with van der Waals surface area (Å²) in [6, 6.07) is 20.5. The van der Waals surface area contributed by atoms with Gasteiger partial charge in [-0.25, -0.2) is 0 Å². The maximum Gasteiger partial charge on any atom is 0.417 e. The van der Waals surface area contributed by atoms with Gasteiger partial charge in [0.2, 0.25) is 0 Å². The van der Waals surface area contributed by atoms with E-state index >= 15 is 0 Å². The van der Waals surface area contributed by atoms with Crippen LogP contribution in [0.3, 0.4) is 0 Å². The molecule has 0 aliphatic rings. The molecular weight excluding hydrogens is 393 g/mol. The van der Waals surface area contributed by atoms with Crippen LogP contribution in [-0.4, -0.2) is 9.13 Å². The lowest BCUT2D eigenvalue weighted by molar-refractivity contribution is -0.138. The molecule has 2 aromatic heterocycles. The fourth-order valence-electron chi connectivity index (χ4n) is 3.13. The van der Waals surface area contributed by atoms with Crippen LogP contribution in [0.2, 0.25) is 0 Å². The van der Waals surface area contributed by atoms with E-state index in [2.05, 4.69) is 0 Å². The van der Waals surface area contributed by atoms with Gasteiger partial charge in [0.1, 0.15) is 0 Å². The van der Waals surface area contributed by atoms with Gasteiger partial charge in [0.15, 0.2) is 0 Å². The van der Waals surface area contributed by atoms with Gasteiger partial charge in [-0.05, 0) is 47.5 Å². The van der Waals surface area contributed by atoms with Crippen molar-refractivity contribution < 1.29 is 13.2 Å². The molecule has 4 rings (SSSR count). The van der Waals surface area contributed by atoms with E-state index in [4.69, 9.17) is 0 Å². The van der Waals surface area contributed by atoms with Gasteiger partial charge in [0.05, 0.1) is 5.56 Å². The Balaban J connectivity index is 1.68. The molecule has 0 saturated heterocycles. The molecule has 0 amide bonds. The number of rotatable bonds is 3. The minimum Gasteiger partial charge on any atom is -0.284 e. The van der Waals surface area contributed by atoms with Crippen LogP contribution in [0.4, 0.5) is 13.2 Å². The molecule has 0 N–H and O–H groups in total. The normalized spacial score (nSPS) is 11.4. The first-order valence-electron chi connectivity index (χ1n) is 9.02. The first-order chi connectivity index (χ1) is 14.3. The molecule has 0 bridgehead atoms. The van der Waals surface area contributed by atoms with Crippen molar-refractivity contribution in [1.82, 2.24) is 9.13 Å². The van der Waals surface area contributed by atoms with Gasteiger partial charge in [-0.3, -0.25) is 18.7 Å². The Morgan fingerprint density at radius 1 is 0.633 bits per heavy atom. The van der Waals surface area contributed by atoms with Crippen LogP contribution in [0.5, 0.6) is 0 Å². The lowest BCUT2D eigenvalue weighted by atomic mass is 10.1. The second-order valence-corrected chi connectivity index (χ2v) is 6.63. The molecular formula is C23H15F3N2O2. The van der Waals surface area contributed by atoms with E-state index in [-0.39, 0.29) is 5.56 Å². The first kappa shape index (κ1) is 19.4. The van der Waals surface area contributed by atoms with Crippen LogP contribution < -0.4 is 11.1 Å². The average Bonchev–Trinajstić information content (AvgIpc) is 2.74. The summed E-state index contributed by atoms with van der Waals surface area (Å²) in [6.07, 6.45) is -2.10. The van der Waals surface area contributed by atoms with Crippen LogP contribution in [0.15, 0.2) is 101 Å². The number of halogens is 3. The number of aromatic nitrogens is 2. The Kier molecular flexibility index (Phi) is 4.87. The fourth-order valence-corrected chi connectivity index (χ4v) is 3.13. The average molecular weight is 408 g/mol. The number of hydrogen-bond acceptors (Lipinski definition) is 2. The van der Waals surface area contributed by atoms with Gasteiger partial charge in [0, 0.05) is 35.9 Å². The van der Waals surface area contributed by atoms with E-state index in [1.165, 1.54) is 10.6 Å². The Hall–Kier alpha value is -3.87. The summed E-state index contributed by atoms with van der Waals surface area (Å²) in [4.78, 5) is 24.5. The van der Waals surface area contributed by atoms with E-state index in [1.807, 2.05) is 30.3 Å². The third-order valence-electron chi connectivity index (χ3n) is 4.67. The van der Waals surface area contributed by atoms with Gasteiger partial charge in [-0.2, -0.15) is 13.2 Å². The van der Waals surface area contributed by atoms with Crippen molar-refractivity contribution in [2.75, 3.05) is 0 Å². The van der Waals surface area contributed by atoms with Crippen LogP contribution in [0.25, 0.3) is 22.5 Å². The lowest BCUT2D eigenvalue weighted by Gasteiger charge is -2.11. The molecule has 0 atom stereocenters. The quantitative estimate of drug-likeness (QED) is 0.494. The van der Waals surface area contributed by atoms with Crippen molar-refractivity contribution in [3.63, 3.8) is 0 Å². The van der Waals surface area contributed by atoms with Gasteiger partial charge >= 0.3 is 6.18 Å². The number of para-hydroxylation sites is 1. The zero-order chi connectivity index (χ0) is 21.3. The summed E-state index contributed by atoms with van der Waals surface area (Å²) in [7, 11) is 0. The van der Waals surface area contributed by atoms with Crippen LogP contribution in [0, 0.1) is 0 Å². The predicted octanol–water partition coefficient (Wildman–Crippen LogP) is 4.67. The van der Waals surface area contributed by atoms with E-state index in [1.54, 1.807) is 36.5 Å². The summed E-state index contributed by atoms with van der Waals surface area (Å²) in [6.45, 7) is 0. The molecule has 150 valence electrons. The second kappa shape index (κ2) is 7.51. The van der Waals surface area contributed by atoms with Gasteiger partial charge in [-0.15, -0.1) is 0 Å². The Morgan fingerprint density at radius 2 is 1.30 bits per heavy atom. The first-order valence-corrected chi connectivity index (χ1v) is 9.02. The number of pyridine rings is 2. The summed E-state index contributed by atoms with van der Waals surface area (Å²) in [5.41, 5.74) is 0.723. The monoisotopic (exact) mass is 408 g/mol. The molecule has 7 heteroatoms. The Bertz CT molecular complexity index is 1310. The highest BCUT2D eigenvalue weighted by Crippen LogP contribution is 2.28. The van der Waals surface area contributed by atoms with Crippen molar-refractivity contribution in [3.05, 3.63) is 118 Å². The third-order valence-corrected chi connectivity index (χ3v) is 4.67. The number of hydrogen-bond donors (Lipinski definition) is 0. The van der Waals surface area contributed by atoms with Crippen molar-refractivity contribution in [1.29, 1.82) is 0 Å². The van der Waals surface area contributed by atoms with Gasteiger partial charge in [-0.1, -0.05) is 30.3 Å². The van der Waals surface area contributed by atoms with E-state index < -0.39 is 17.3 Å². The summed E-state index contributed by atoms with van der Waals surface area (Å²) >= 11 is 0. The zero-order valence-corrected chi connectivity index (χ0v) is 15.5. The fraction of sp³-hybridized carbons (Fsp3) is 0.0435. The maximum atomic E-state index is 12.9. The second-order valence-electron chi connectivity index (χ2n) is 6.63. The molecule has 2 heterocycles. The molecule has 0 radical (unpaired) electrons. The molecule has 0 fully saturated rings. The predicted molar refractivity (Wildman–Crippen MR) is 108 cm³/mol. The van der Waals surface area contributed by atoms with E-state index in [9.17, 15) is 22.8 Å². The minimum absolute atomic E-state index is 0.211. The van der Waals surface area contributed by atoms with Crippen molar-refractivity contribution in [2.45, 2.75) is 6.18 Å². The third kappa shape index (κ3) is 3.82. The molecule has 2 aromatic carbocycles. The highest BCUT2D eigenvalue weighted by molar-refractivity contribution is 5.64. The van der Waals surface area contributed by atoms with Crippen LogP contribution >= 0.6 is 0 Å². The van der Waals surface area contributed by atoms with Crippen molar-refractivity contribution in [2.24, 2.45) is 0 Å². The summed E-state index contributed by atoms with van der Waals surface area (Å²) < 4.78 is 41.3. The van der Waals surface area contributed by atoms with Crippen LogP contribution in [-0.2, 0) is 6.18 Å². The molecule has 4 aromatic rings. The molecule has 0 aliphatic heterocycles. The Labute approximate surface area is 169 Å². The smallest absolute Gasteiger partial charge is 0.284 e. The minimum atomic E-state index is -4.54. The number of nitrogens with zero attached hydrogens (tertiary/aromatic N) is 2. The SMILES string of the molecule is O=c1cc(-c2ccc(-n3cc(C(F)(F)F)ccc3=O)cc2)ccn1-c1ccccc1. The van der Waals surface area contributed by atoms with Gasteiger partial charge in [0.25, 0.3) is 11.1 Å². The molecule has 0 saturated carbocycles. The Morgan fingerprint density at radius 3 is 1.93 bits per heavy atom. The van der Waals surface area contributed by atoms with Gasteiger partial charge < -0.3 is 0 Å². The maximum absolute atomic E-state index is 12.9. The molecule has 4 nitrogen and oxygen atoms in total. The lowest BCUT2D eigenvalue weighted by Crippen LogP contribution is -2.19. The van der Waals surface area contributed by atoms with Crippen molar-refractivity contribution >= 4 is 0 Å². The number of benzene rings is 2. The van der Waals surface area contributed by atoms with Crippen molar-refractivity contribution in [3.8, 4) is 22.5 Å². The highest BCUT2D eigenvalue weighted by atomic mass is 19.4. The zero-order valence-electron chi connectivity index (χ0n) is 15.5. The largest absolute Gasteiger partial charge is 0.417 e. The number of alkyl halides is 3. The highest BCUT2D eigenvalue weighted by Gasteiger charge is 2.31. The molecule has 0 unspecified atom stereocenters. The van der Waals surface area contributed by atoms with Crippen LogP contribution in [0.1, 0.15) is 5.56 Å². The molecule has 0 spiro atoms. The summed E-state index contributed by atoms with van der Waals surface area (Å²) in [5.74, 6) is 0. The van der Waals surface area contributed by atoms with E-state index in [0.29, 0.717) is 16.8 Å². The standard InChI is InChI=1S/C23H15F3N2O2/c24-23(25,26)18-8-11-21(29)28(15-18)20-9-6-16(7-10-20)17-12-13-27(22(30)14-17)19-4-2-1-3-5-19/h1-15H. The summed E-state index contributed by atoms with van der Waals surface area (Å²) in [5, 5.41) is 0. The topological polar surface area (TPSA) is 44.0 Å². The molecule has 0 aliphatic carbocycles. The van der Waals surface area contributed by atoms with E-state index in [0.717, 1.165) is 28.6 Å².